The average Bonchev–Trinajstić information content (AvgIpc) is 2.88. The van der Waals surface area contributed by atoms with Crippen molar-refractivity contribution in [3.8, 4) is 0 Å². The summed E-state index contributed by atoms with van der Waals surface area (Å²) in [7, 11) is 0. The smallest absolute Gasteiger partial charge is 0.0769 e. The van der Waals surface area contributed by atoms with Crippen LogP contribution in [-0.4, -0.2) is 12.2 Å². The van der Waals surface area contributed by atoms with Crippen LogP contribution in [0.5, 0.6) is 0 Å². The van der Waals surface area contributed by atoms with E-state index in [0.717, 1.165) is 0 Å². The van der Waals surface area contributed by atoms with Crippen LogP contribution in [0.2, 0.25) is 0 Å². The van der Waals surface area contributed by atoms with Gasteiger partial charge in [0.05, 0.1) is 12.2 Å². The lowest BCUT2D eigenvalue weighted by Gasteiger charge is -2.24. The van der Waals surface area contributed by atoms with Crippen LogP contribution in [0.4, 0.5) is 0 Å². The lowest BCUT2D eigenvalue weighted by molar-refractivity contribution is 0.0287. The molecule has 0 fully saturated rings. The number of ether oxygens (including phenoxy) is 1. The molecule has 0 radical (unpaired) electrons. The fraction of sp³-hybridized carbons (Fsp3) is 0.765. The van der Waals surface area contributed by atoms with Gasteiger partial charge < -0.3 is 4.74 Å². The van der Waals surface area contributed by atoms with E-state index in [-0.39, 0.29) is 12.2 Å². The minimum Gasteiger partial charge on any atom is -0.367 e. The van der Waals surface area contributed by atoms with Crippen molar-refractivity contribution >= 4 is 0 Å². The Morgan fingerprint density at radius 3 is 1.37 bits per heavy atom. The zero-order valence-corrected chi connectivity index (χ0v) is 23.6. The van der Waals surface area contributed by atoms with E-state index >= 15 is 0 Å². The molecular formula is C34H58O. The fourth-order valence-corrected chi connectivity index (χ4v) is 5.45. The number of rotatable bonds is 20. The molecule has 200 valence electrons. The first kappa shape index (κ1) is 30.1. The molecule has 0 amide bonds. The Hall–Kier alpha value is -1.08. The molecule has 0 saturated carbocycles. The van der Waals surface area contributed by atoms with Gasteiger partial charge in [-0.3, -0.25) is 0 Å². The summed E-state index contributed by atoms with van der Waals surface area (Å²) in [5.41, 5.74) is 3.01. The molecule has 0 saturated heterocycles. The van der Waals surface area contributed by atoms with Gasteiger partial charge in [-0.05, 0) is 62.5 Å². The maximum absolute atomic E-state index is 6.93. The van der Waals surface area contributed by atoms with Gasteiger partial charge in [0, 0.05) is 0 Å². The SMILES string of the molecule is CCCCCCCCCC(C=C1C=CCCC1)OC(C=C1C=CCCC1)CCCCCCCCC. The van der Waals surface area contributed by atoms with Gasteiger partial charge >= 0.3 is 0 Å². The quantitative estimate of drug-likeness (QED) is 0.157. The van der Waals surface area contributed by atoms with Crippen molar-refractivity contribution in [3.05, 3.63) is 47.6 Å². The zero-order valence-electron chi connectivity index (χ0n) is 23.6. The third kappa shape index (κ3) is 15.6. The third-order valence-corrected chi connectivity index (χ3v) is 7.67. The average molecular weight is 483 g/mol. The molecule has 2 atom stereocenters. The van der Waals surface area contributed by atoms with Crippen molar-refractivity contribution in [2.75, 3.05) is 0 Å². The Kier molecular flexibility index (Phi) is 18.1. The summed E-state index contributed by atoms with van der Waals surface area (Å²) >= 11 is 0. The second-order valence-electron chi connectivity index (χ2n) is 11.1. The number of unbranched alkanes of at least 4 members (excludes halogenated alkanes) is 12. The Bertz CT molecular complexity index is 569. The molecule has 0 aromatic heterocycles. The van der Waals surface area contributed by atoms with Crippen molar-refractivity contribution in [3.63, 3.8) is 0 Å². The van der Waals surface area contributed by atoms with Crippen molar-refractivity contribution in [1.29, 1.82) is 0 Å². The highest BCUT2D eigenvalue weighted by molar-refractivity contribution is 5.24. The minimum atomic E-state index is 0.266. The van der Waals surface area contributed by atoms with E-state index in [1.165, 1.54) is 152 Å². The molecule has 35 heavy (non-hydrogen) atoms. The highest BCUT2D eigenvalue weighted by Crippen LogP contribution is 2.24. The molecule has 1 nitrogen and oxygen atoms in total. The second-order valence-corrected chi connectivity index (χ2v) is 11.1. The van der Waals surface area contributed by atoms with Crippen molar-refractivity contribution in [2.45, 2.75) is 167 Å². The van der Waals surface area contributed by atoms with E-state index in [1.807, 2.05) is 0 Å². The van der Waals surface area contributed by atoms with Crippen LogP contribution in [0.3, 0.4) is 0 Å². The predicted molar refractivity (Wildman–Crippen MR) is 156 cm³/mol. The van der Waals surface area contributed by atoms with E-state index in [4.69, 9.17) is 4.74 Å². The van der Waals surface area contributed by atoms with Crippen LogP contribution in [-0.2, 0) is 4.74 Å². The van der Waals surface area contributed by atoms with Crippen LogP contribution in [0, 0.1) is 0 Å². The molecule has 1 heteroatoms. The summed E-state index contributed by atoms with van der Waals surface area (Å²) in [5.74, 6) is 0. The molecule has 2 unspecified atom stereocenters. The predicted octanol–water partition coefficient (Wildman–Crippen LogP) is 11.4. The summed E-state index contributed by atoms with van der Waals surface area (Å²) in [6, 6.07) is 0. The summed E-state index contributed by atoms with van der Waals surface area (Å²) < 4.78 is 6.93. The molecule has 0 aliphatic heterocycles. The van der Waals surface area contributed by atoms with E-state index in [2.05, 4.69) is 50.3 Å². The monoisotopic (exact) mass is 482 g/mol. The van der Waals surface area contributed by atoms with Gasteiger partial charge in [0.15, 0.2) is 0 Å². The normalized spacial score (nSPS) is 20.1. The molecule has 0 N–H and O–H groups in total. The van der Waals surface area contributed by atoms with Gasteiger partial charge in [0.2, 0.25) is 0 Å². The lowest BCUT2D eigenvalue weighted by atomic mass is 9.97. The first-order chi connectivity index (χ1) is 17.3. The molecule has 2 aliphatic carbocycles. The van der Waals surface area contributed by atoms with Crippen molar-refractivity contribution in [1.82, 2.24) is 0 Å². The molecule has 0 aromatic rings. The third-order valence-electron chi connectivity index (χ3n) is 7.67. The van der Waals surface area contributed by atoms with Crippen LogP contribution in [0.15, 0.2) is 47.6 Å². The maximum atomic E-state index is 6.93. The molecular weight excluding hydrogens is 424 g/mol. The van der Waals surface area contributed by atoms with Gasteiger partial charge in [0.25, 0.3) is 0 Å². The van der Waals surface area contributed by atoms with Gasteiger partial charge in [-0.2, -0.15) is 0 Å². The van der Waals surface area contributed by atoms with Crippen LogP contribution in [0.1, 0.15) is 155 Å². The molecule has 0 aromatic carbocycles. The summed E-state index contributed by atoms with van der Waals surface area (Å²) in [6.45, 7) is 4.60. The van der Waals surface area contributed by atoms with Crippen LogP contribution < -0.4 is 0 Å². The van der Waals surface area contributed by atoms with Crippen molar-refractivity contribution in [2.24, 2.45) is 0 Å². The van der Waals surface area contributed by atoms with Gasteiger partial charge in [-0.25, -0.2) is 0 Å². The van der Waals surface area contributed by atoms with E-state index in [9.17, 15) is 0 Å². The van der Waals surface area contributed by atoms with E-state index < -0.39 is 0 Å². The topological polar surface area (TPSA) is 9.23 Å². The fourth-order valence-electron chi connectivity index (χ4n) is 5.45. The molecule has 2 aliphatic rings. The minimum absolute atomic E-state index is 0.266. The summed E-state index contributed by atoms with van der Waals surface area (Å²) in [4.78, 5) is 0. The number of allylic oxidation sites excluding steroid dienone is 6. The number of hydrogen-bond donors (Lipinski definition) is 0. The largest absolute Gasteiger partial charge is 0.367 e. The van der Waals surface area contributed by atoms with Gasteiger partial charge in [0.1, 0.15) is 0 Å². The first-order valence-corrected chi connectivity index (χ1v) is 15.7. The Labute approximate surface area is 219 Å². The first-order valence-electron chi connectivity index (χ1n) is 15.7. The van der Waals surface area contributed by atoms with Crippen molar-refractivity contribution < 1.29 is 4.74 Å². The lowest BCUT2D eigenvalue weighted by Crippen LogP contribution is -2.20. The molecule has 2 rings (SSSR count). The molecule has 0 bridgehead atoms. The summed E-state index contributed by atoms with van der Waals surface area (Å²) in [6.07, 6.45) is 44.0. The second kappa shape index (κ2) is 21.0. The Morgan fingerprint density at radius 1 is 0.600 bits per heavy atom. The van der Waals surface area contributed by atoms with Crippen LogP contribution in [0.25, 0.3) is 0 Å². The van der Waals surface area contributed by atoms with Crippen LogP contribution >= 0.6 is 0 Å². The highest BCUT2D eigenvalue weighted by Gasteiger charge is 2.16. The van der Waals surface area contributed by atoms with E-state index in [0.29, 0.717) is 0 Å². The van der Waals surface area contributed by atoms with Gasteiger partial charge in [-0.1, -0.05) is 140 Å². The van der Waals surface area contributed by atoms with E-state index in [1.54, 1.807) is 0 Å². The molecule has 0 heterocycles. The van der Waals surface area contributed by atoms with Gasteiger partial charge in [-0.15, -0.1) is 0 Å². The summed E-state index contributed by atoms with van der Waals surface area (Å²) in [5, 5.41) is 0. The number of hydrogen-bond acceptors (Lipinski definition) is 1. The Balaban J connectivity index is 1.93. The standard InChI is InChI=1S/C34H58O/c1-3-5-7-9-11-13-21-27-33(29-31-23-17-15-18-24-31)35-34(30-32-25-19-16-20-26-32)28-22-14-12-10-8-6-4-2/h17,19,23,25,29-30,33-34H,3-16,18,20-22,24,26-28H2,1-2H3. The zero-order chi connectivity index (χ0) is 24.8. The molecule has 0 spiro atoms. The maximum Gasteiger partial charge on any atom is 0.0769 e. The Morgan fingerprint density at radius 2 is 1.00 bits per heavy atom. The highest BCUT2D eigenvalue weighted by atomic mass is 16.5.